The van der Waals surface area contributed by atoms with Gasteiger partial charge in [-0.25, -0.2) is 8.42 Å². The van der Waals surface area contributed by atoms with Gasteiger partial charge in [0.25, 0.3) is 15.9 Å². The first-order chi connectivity index (χ1) is 17.8. The summed E-state index contributed by atoms with van der Waals surface area (Å²) in [6.45, 7) is 2.73. The van der Waals surface area contributed by atoms with E-state index in [1.165, 1.54) is 43.2 Å². The molecule has 0 saturated carbocycles. The fourth-order valence-corrected chi connectivity index (χ4v) is 5.69. The first-order valence-electron chi connectivity index (χ1n) is 12.2. The van der Waals surface area contributed by atoms with E-state index in [-0.39, 0.29) is 34.6 Å². The fraction of sp³-hybridized carbons (Fsp3) is 0.296. The molecule has 1 heterocycles. The van der Waals surface area contributed by atoms with Crippen molar-refractivity contribution in [2.45, 2.75) is 30.6 Å². The number of rotatable bonds is 10. The van der Waals surface area contributed by atoms with Gasteiger partial charge in [-0.1, -0.05) is 35.3 Å². The van der Waals surface area contributed by atoms with Crippen molar-refractivity contribution in [3.05, 3.63) is 82.3 Å². The molecule has 4 rings (SSSR count). The van der Waals surface area contributed by atoms with Crippen molar-refractivity contribution in [2.24, 2.45) is 5.92 Å². The number of halogens is 3. The zero-order valence-corrected chi connectivity index (χ0v) is 23.7. The maximum absolute atomic E-state index is 13.0. The number of para-hydroxylation sites is 2. The maximum atomic E-state index is 13.0. The lowest BCUT2D eigenvalue weighted by Gasteiger charge is -2.22. The van der Waals surface area contributed by atoms with Crippen LogP contribution in [-0.2, 0) is 10.0 Å². The molecule has 1 aliphatic rings. The topological polar surface area (TPSA) is 96.5 Å². The molecule has 0 spiro atoms. The molecule has 1 fully saturated rings. The van der Waals surface area contributed by atoms with Crippen LogP contribution in [0.3, 0.4) is 0 Å². The van der Waals surface area contributed by atoms with Crippen molar-refractivity contribution in [3.63, 3.8) is 0 Å². The van der Waals surface area contributed by atoms with Crippen LogP contribution in [0.2, 0.25) is 10.0 Å². The molecule has 3 N–H and O–H groups in total. The van der Waals surface area contributed by atoms with Gasteiger partial charge in [-0.05, 0) is 99.3 Å². The van der Waals surface area contributed by atoms with Crippen molar-refractivity contribution in [1.82, 2.24) is 10.6 Å². The molecule has 1 amide bonds. The van der Waals surface area contributed by atoms with E-state index in [0.29, 0.717) is 33.8 Å². The minimum atomic E-state index is -3.94. The lowest BCUT2D eigenvalue weighted by atomic mass is 9.93. The molecule has 0 aliphatic carbocycles. The third-order valence-electron chi connectivity index (χ3n) is 6.21. The number of benzene rings is 3. The molecule has 0 unspecified atom stereocenters. The number of ether oxygens (including phenoxy) is 1. The third kappa shape index (κ3) is 8.25. The summed E-state index contributed by atoms with van der Waals surface area (Å²) in [5.41, 5.74) is 0.644. The van der Waals surface area contributed by atoms with E-state index in [1.54, 1.807) is 36.4 Å². The molecule has 0 aromatic heterocycles. The summed E-state index contributed by atoms with van der Waals surface area (Å²) in [6.07, 6.45) is 4.39. The number of piperidine rings is 1. The molecule has 3 aromatic rings. The summed E-state index contributed by atoms with van der Waals surface area (Å²) in [4.78, 5) is 12.5. The molecule has 7 nitrogen and oxygen atoms in total. The zero-order chi connectivity index (χ0) is 26.3. The molecule has 1 saturated heterocycles. The molecular formula is C27H30Cl3N3O4S. The summed E-state index contributed by atoms with van der Waals surface area (Å²) in [5, 5.41) is 7.03. The van der Waals surface area contributed by atoms with Gasteiger partial charge in [0.2, 0.25) is 0 Å². The van der Waals surface area contributed by atoms with E-state index in [9.17, 15) is 13.2 Å². The summed E-state index contributed by atoms with van der Waals surface area (Å²) in [5.74, 6) is 1.11. The van der Waals surface area contributed by atoms with Gasteiger partial charge >= 0.3 is 0 Å². The summed E-state index contributed by atoms with van der Waals surface area (Å²) in [7, 11) is -3.94. The van der Waals surface area contributed by atoms with Gasteiger partial charge < -0.3 is 15.4 Å². The monoisotopic (exact) mass is 597 g/mol. The number of nitrogens with one attached hydrogen (secondary N) is 3. The van der Waals surface area contributed by atoms with Crippen LogP contribution in [0.15, 0.2) is 71.6 Å². The average molecular weight is 599 g/mol. The van der Waals surface area contributed by atoms with Crippen LogP contribution in [0.1, 0.15) is 36.0 Å². The van der Waals surface area contributed by atoms with E-state index < -0.39 is 10.0 Å². The highest BCUT2D eigenvalue weighted by molar-refractivity contribution is 7.92. The SMILES string of the molecule is Cl.O=C(NCCCC1CCNCC1)c1ccc(S(=O)(=O)Nc2ccccc2Oc2ccc(Cl)cc2Cl)cc1. The van der Waals surface area contributed by atoms with Crippen LogP contribution >= 0.6 is 35.6 Å². The van der Waals surface area contributed by atoms with E-state index in [2.05, 4.69) is 15.4 Å². The summed E-state index contributed by atoms with van der Waals surface area (Å²) >= 11 is 12.1. The quantitative estimate of drug-likeness (QED) is 0.231. The molecule has 3 aromatic carbocycles. The minimum absolute atomic E-state index is 0. The number of sulfonamides is 1. The molecule has 0 bridgehead atoms. The Morgan fingerprint density at radius 3 is 2.39 bits per heavy atom. The van der Waals surface area contributed by atoms with E-state index in [0.717, 1.165) is 25.9 Å². The largest absolute Gasteiger partial charge is 0.454 e. The van der Waals surface area contributed by atoms with Crippen molar-refractivity contribution in [2.75, 3.05) is 24.4 Å². The second-order valence-electron chi connectivity index (χ2n) is 8.89. The number of hydrogen-bond acceptors (Lipinski definition) is 5. The summed E-state index contributed by atoms with van der Waals surface area (Å²) < 4.78 is 34.5. The smallest absolute Gasteiger partial charge is 0.262 e. The number of anilines is 1. The van der Waals surface area contributed by atoms with Crippen molar-refractivity contribution in [1.29, 1.82) is 0 Å². The van der Waals surface area contributed by atoms with Crippen molar-refractivity contribution >= 4 is 57.2 Å². The Morgan fingerprint density at radius 2 is 1.68 bits per heavy atom. The molecular weight excluding hydrogens is 569 g/mol. The Balaban J connectivity index is 0.00000400. The summed E-state index contributed by atoms with van der Waals surface area (Å²) in [6, 6.07) is 17.2. The van der Waals surface area contributed by atoms with Crippen molar-refractivity contribution < 1.29 is 17.9 Å². The Kier molecular flexibility index (Phi) is 11.1. The Bertz CT molecular complexity index is 1330. The van der Waals surface area contributed by atoms with Gasteiger partial charge in [0.1, 0.15) is 5.75 Å². The third-order valence-corrected chi connectivity index (χ3v) is 8.12. The van der Waals surface area contributed by atoms with E-state index >= 15 is 0 Å². The normalized spacial score (nSPS) is 13.8. The highest BCUT2D eigenvalue weighted by Gasteiger charge is 2.18. The van der Waals surface area contributed by atoms with E-state index in [4.69, 9.17) is 27.9 Å². The predicted octanol–water partition coefficient (Wildman–Crippen LogP) is 6.52. The lowest BCUT2D eigenvalue weighted by Crippen LogP contribution is -2.29. The number of amides is 1. The first-order valence-corrected chi connectivity index (χ1v) is 14.4. The number of carbonyl (C=O) groups is 1. The van der Waals surface area contributed by atoms with E-state index in [1.807, 2.05) is 0 Å². The standard InChI is InChI=1S/C27H29Cl2N3O4S.ClH/c28-21-9-12-25(23(29)18-21)36-26-6-2-1-5-24(26)32-37(34,35)22-10-7-20(8-11-22)27(33)31-15-3-4-19-13-16-30-17-14-19;/h1-2,5-12,18-19,30,32H,3-4,13-17H2,(H,31,33);1H. The second-order valence-corrected chi connectivity index (χ2v) is 11.4. The van der Waals surface area contributed by atoms with Gasteiger partial charge in [0, 0.05) is 17.1 Å². The molecule has 204 valence electrons. The van der Waals surface area contributed by atoms with Gasteiger partial charge in [-0.3, -0.25) is 9.52 Å². The maximum Gasteiger partial charge on any atom is 0.262 e. The van der Waals surface area contributed by atoms with Crippen LogP contribution in [0.25, 0.3) is 0 Å². The number of hydrogen-bond donors (Lipinski definition) is 3. The van der Waals surface area contributed by atoms with Crippen LogP contribution in [0.4, 0.5) is 5.69 Å². The Hall–Kier alpha value is -2.49. The minimum Gasteiger partial charge on any atom is -0.454 e. The molecule has 0 atom stereocenters. The molecule has 38 heavy (non-hydrogen) atoms. The zero-order valence-electron chi connectivity index (χ0n) is 20.6. The Morgan fingerprint density at radius 1 is 0.974 bits per heavy atom. The van der Waals surface area contributed by atoms with Crippen molar-refractivity contribution in [3.8, 4) is 11.5 Å². The van der Waals surface area contributed by atoms with Crippen LogP contribution in [-0.4, -0.2) is 34.0 Å². The molecule has 0 radical (unpaired) electrons. The highest BCUT2D eigenvalue weighted by Crippen LogP contribution is 2.35. The van der Waals surface area contributed by atoms with Gasteiger partial charge in [0.15, 0.2) is 5.75 Å². The molecule has 11 heteroatoms. The predicted molar refractivity (Wildman–Crippen MR) is 155 cm³/mol. The fourth-order valence-electron chi connectivity index (χ4n) is 4.17. The second kappa shape index (κ2) is 14.1. The Labute approximate surface area is 239 Å². The average Bonchev–Trinajstić information content (AvgIpc) is 2.90. The van der Waals surface area contributed by atoms with Gasteiger partial charge in [-0.2, -0.15) is 0 Å². The van der Waals surface area contributed by atoms with Gasteiger partial charge in [0.05, 0.1) is 15.6 Å². The van der Waals surface area contributed by atoms with Crippen LogP contribution < -0.4 is 20.1 Å². The number of carbonyl (C=O) groups excluding carboxylic acids is 1. The lowest BCUT2D eigenvalue weighted by molar-refractivity contribution is 0.0952. The first kappa shape index (κ1) is 30.1. The highest BCUT2D eigenvalue weighted by atomic mass is 35.5. The van der Waals surface area contributed by atoms with Crippen LogP contribution in [0.5, 0.6) is 11.5 Å². The molecule has 1 aliphatic heterocycles. The van der Waals surface area contributed by atoms with Gasteiger partial charge in [-0.15, -0.1) is 12.4 Å². The van der Waals surface area contributed by atoms with Crippen LogP contribution in [0, 0.1) is 5.92 Å².